The van der Waals surface area contributed by atoms with Crippen LogP contribution in [-0.2, 0) is 21.2 Å². The highest BCUT2D eigenvalue weighted by Gasteiger charge is 2.47. The van der Waals surface area contributed by atoms with Crippen LogP contribution in [0.2, 0.25) is 0 Å². The van der Waals surface area contributed by atoms with Gasteiger partial charge in [0.25, 0.3) is 0 Å². The number of nitrogens with one attached hydrogen (secondary N) is 2. The first-order valence-corrected chi connectivity index (χ1v) is 9.36. The van der Waals surface area contributed by atoms with E-state index in [0.717, 1.165) is 0 Å². The molecule has 0 unspecified atom stereocenters. The van der Waals surface area contributed by atoms with Gasteiger partial charge in [-0.15, -0.1) is 0 Å². The first-order valence-electron chi connectivity index (χ1n) is 7.81. The molecule has 1 heterocycles. The standard InChI is InChI=1S/C16H19N3O4S/c17-10-16(5-6-16)19-15(21)13-7-12(8-18-13)24(22,23)14-4-2-1-3-11(14)9-20/h1-4,12-13,18,20H,5-9H2,(H,19,21)/t12-,13+/m1/s1. The van der Waals surface area contributed by atoms with Crippen molar-refractivity contribution in [2.75, 3.05) is 6.54 Å². The lowest BCUT2D eigenvalue weighted by molar-refractivity contribution is -0.123. The molecule has 24 heavy (non-hydrogen) atoms. The van der Waals surface area contributed by atoms with E-state index in [4.69, 9.17) is 5.26 Å². The van der Waals surface area contributed by atoms with E-state index in [1.165, 1.54) is 6.07 Å². The maximum atomic E-state index is 12.8. The first kappa shape index (κ1) is 16.9. The van der Waals surface area contributed by atoms with Crippen molar-refractivity contribution in [2.45, 2.75) is 47.6 Å². The second-order valence-electron chi connectivity index (χ2n) is 6.31. The maximum Gasteiger partial charge on any atom is 0.238 e. The predicted octanol–water partition coefficient (Wildman–Crippen LogP) is -0.145. The number of nitrogens with zero attached hydrogens (tertiary/aromatic N) is 1. The van der Waals surface area contributed by atoms with Crippen LogP contribution in [0.1, 0.15) is 24.8 Å². The third-order valence-electron chi connectivity index (χ3n) is 4.62. The molecule has 8 heteroatoms. The molecule has 0 radical (unpaired) electrons. The Kier molecular flexibility index (Phi) is 4.34. The summed E-state index contributed by atoms with van der Waals surface area (Å²) >= 11 is 0. The average molecular weight is 349 g/mol. The van der Waals surface area contributed by atoms with Gasteiger partial charge in [-0.2, -0.15) is 5.26 Å². The number of rotatable bonds is 5. The molecule has 1 amide bonds. The Morgan fingerprint density at radius 1 is 1.42 bits per heavy atom. The van der Waals surface area contributed by atoms with E-state index in [0.29, 0.717) is 18.4 Å². The molecule has 3 rings (SSSR count). The Morgan fingerprint density at radius 3 is 2.75 bits per heavy atom. The van der Waals surface area contributed by atoms with Crippen molar-refractivity contribution in [3.05, 3.63) is 29.8 Å². The fourth-order valence-electron chi connectivity index (χ4n) is 2.94. The van der Waals surface area contributed by atoms with Crippen LogP contribution in [-0.4, -0.2) is 42.8 Å². The smallest absolute Gasteiger partial charge is 0.238 e. The number of nitriles is 1. The quantitative estimate of drug-likeness (QED) is 0.680. The van der Waals surface area contributed by atoms with Gasteiger partial charge in [-0.05, 0) is 30.9 Å². The highest BCUT2D eigenvalue weighted by Crippen LogP contribution is 2.34. The molecule has 2 atom stereocenters. The molecule has 0 aromatic heterocycles. The molecule has 3 N–H and O–H groups in total. The summed E-state index contributed by atoms with van der Waals surface area (Å²) in [5.41, 5.74) is -0.411. The second-order valence-corrected chi connectivity index (χ2v) is 8.51. The molecule has 1 aliphatic heterocycles. The van der Waals surface area contributed by atoms with E-state index in [2.05, 4.69) is 16.7 Å². The lowest BCUT2D eigenvalue weighted by atomic mass is 10.2. The minimum Gasteiger partial charge on any atom is -0.392 e. The van der Waals surface area contributed by atoms with Crippen molar-refractivity contribution < 1.29 is 18.3 Å². The van der Waals surface area contributed by atoms with E-state index >= 15 is 0 Å². The molecule has 1 aromatic rings. The fraction of sp³-hybridized carbons (Fsp3) is 0.500. The predicted molar refractivity (Wildman–Crippen MR) is 85.5 cm³/mol. The van der Waals surface area contributed by atoms with Gasteiger partial charge < -0.3 is 15.7 Å². The van der Waals surface area contributed by atoms with Crippen LogP contribution in [0.25, 0.3) is 0 Å². The van der Waals surface area contributed by atoms with E-state index in [-0.39, 0.29) is 30.4 Å². The van der Waals surface area contributed by atoms with E-state index in [1.807, 2.05) is 0 Å². The number of carbonyl (C=O) groups excluding carboxylic acids is 1. The van der Waals surface area contributed by atoms with Gasteiger partial charge >= 0.3 is 0 Å². The number of sulfone groups is 1. The van der Waals surface area contributed by atoms with Crippen LogP contribution in [0.15, 0.2) is 29.2 Å². The van der Waals surface area contributed by atoms with Crippen LogP contribution in [0.4, 0.5) is 0 Å². The summed E-state index contributed by atoms with van der Waals surface area (Å²) in [7, 11) is -3.65. The van der Waals surface area contributed by atoms with Gasteiger partial charge in [-0.1, -0.05) is 18.2 Å². The molecule has 7 nitrogen and oxygen atoms in total. The Hall–Kier alpha value is -1.95. The van der Waals surface area contributed by atoms with Crippen LogP contribution in [0, 0.1) is 11.3 Å². The summed E-state index contributed by atoms with van der Waals surface area (Å²) in [5, 5.41) is 23.3. The SMILES string of the molecule is N#CC1(NC(=O)[C@@H]2C[C@@H](S(=O)(=O)c3ccccc3CO)CN2)CC1. The summed E-state index contributed by atoms with van der Waals surface area (Å²) in [6.07, 6.45) is 1.41. The van der Waals surface area contributed by atoms with Gasteiger partial charge in [0.15, 0.2) is 9.84 Å². The second kappa shape index (κ2) is 6.16. The molecular weight excluding hydrogens is 330 g/mol. The third-order valence-corrected chi connectivity index (χ3v) is 6.87. The summed E-state index contributed by atoms with van der Waals surface area (Å²) in [4.78, 5) is 12.3. The van der Waals surface area contributed by atoms with Gasteiger partial charge in [0, 0.05) is 6.54 Å². The summed E-state index contributed by atoms with van der Waals surface area (Å²) in [5.74, 6) is -0.331. The lowest BCUT2D eigenvalue weighted by Crippen LogP contribution is -2.45. The zero-order valence-corrected chi connectivity index (χ0v) is 13.8. The summed E-state index contributed by atoms with van der Waals surface area (Å²) in [6, 6.07) is 7.79. The number of amides is 1. The third kappa shape index (κ3) is 3.02. The van der Waals surface area contributed by atoms with Crippen molar-refractivity contribution in [1.29, 1.82) is 5.26 Å². The molecule has 2 fully saturated rings. The molecule has 1 aromatic carbocycles. The number of aliphatic hydroxyl groups is 1. The van der Waals surface area contributed by atoms with E-state index in [1.54, 1.807) is 18.2 Å². The zero-order chi connectivity index (χ0) is 17.4. The normalized spacial score (nSPS) is 25.0. The van der Waals surface area contributed by atoms with Crippen molar-refractivity contribution in [3.8, 4) is 6.07 Å². The molecule has 0 spiro atoms. The number of carbonyl (C=O) groups is 1. The van der Waals surface area contributed by atoms with Crippen molar-refractivity contribution in [3.63, 3.8) is 0 Å². The molecule has 1 saturated heterocycles. The van der Waals surface area contributed by atoms with Crippen LogP contribution < -0.4 is 10.6 Å². The molecular formula is C16H19N3O4S. The minimum atomic E-state index is -3.65. The summed E-state index contributed by atoms with van der Waals surface area (Å²) < 4.78 is 25.6. The van der Waals surface area contributed by atoms with Gasteiger partial charge in [-0.25, -0.2) is 8.42 Å². The van der Waals surface area contributed by atoms with Crippen molar-refractivity contribution in [1.82, 2.24) is 10.6 Å². The highest BCUT2D eigenvalue weighted by atomic mass is 32.2. The van der Waals surface area contributed by atoms with E-state index in [9.17, 15) is 18.3 Å². The first-order chi connectivity index (χ1) is 11.4. The monoisotopic (exact) mass is 349 g/mol. The molecule has 2 aliphatic rings. The average Bonchev–Trinajstić information content (AvgIpc) is 3.17. The topological polar surface area (TPSA) is 119 Å². The highest BCUT2D eigenvalue weighted by molar-refractivity contribution is 7.92. The molecule has 128 valence electrons. The Balaban J connectivity index is 1.73. The Morgan fingerprint density at radius 2 is 2.12 bits per heavy atom. The van der Waals surface area contributed by atoms with Crippen LogP contribution in [0.3, 0.4) is 0 Å². The lowest BCUT2D eigenvalue weighted by Gasteiger charge is -2.15. The van der Waals surface area contributed by atoms with E-state index < -0.39 is 26.7 Å². The van der Waals surface area contributed by atoms with Gasteiger partial charge in [0.2, 0.25) is 5.91 Å². The number of benzene rings is 1. The van der Waals surface area contributed by atoms with Gasteiger partial charge in [-0.3, -0.25) is 4.79 Å². The minimum absolute atomic E-state index is 0.107. The Labute approximate surface area is 140 Å². The molecule has 1 saturated carbocycles. The van der Waals surface area contributed by atoms with Crippen LogP contribution in [0.5, 0.6) is 0 Å². The van der Waals surface area contributed by atoms with Crippen molar-refractivity contribution in [2.24, 2.45) is 0 Å². The van der Waals surface area contributed by atoms with Crippen LogP contribution >= 0.6 is 0 Å². The zero-order valence-electron chi connectivity index (χ0n) is 13.0. The fourth-order valence-corrected chi connectivity index (χ4v) is 4.83. The van der Waals surface area contributed by atoms with Crippen molar-refractivity contribution >= 4 is 15.7 Å². The van der Waals surface area contributed by atoms with Gasteiger partial charge in [0.05, 0.1) is 28.9 Å². The maximum absolute atomic E-state index is 12.8. The number of hydrogen-bond donors (Lipinski definition) is 3. The largest absolute Gasteiger partial charge is 0.392 e. The number of hydrogen-bond acceptors (Lipinski definition) is 6. The Bertz CT molecular complexity index is 796. The molecule has 0 bridgehead atoms. The summed E-state index contributed by atoms with van der Waals surface area (Å²) in [6.45, 7) is -0.191. The van der Waals surface area contributed by atoms with Gasteiger partial charge in [0.1, 0.15) is 5.54 Å². The number of aliphatic hydroxyl groups excluding tert-OH is 1. The molecule has 1 aliphatic carbocycles.